The van der Waals surface area contributed by atoms with Gasteiger partial charge in [-0.1, -0.05) is 42.4 Å². The van der Waals surface area contributed by atoms with Crippen molar-refractivity contribution in [3.63, 3.8) is 0 Å². The Hall–Kier alpha value is -0.670. The molecule has 0 bridgehead atoms. The van der Waals surface area contributed by atoms with Crippen LogP contribution in [0.3, 0.4) is 0 Å². The maximum Gasteiger partial charge on any atom is 0.157 e. The number of nitrogens with one attached hydrogen (secondary N) is 1. The molecule has 0 aromatic heterocycles. The summed E-state index contributed by atoms with van der Waals surface area (Å²) < 4.78 is 0. The Morgan fingerprint density at radius 1 is 1.56 bits per heavy atom. The Kier molecular flexibility index (Phi) is 4.13. The Labute approximate surface area is 105 Å². The second-order valence-electron chi connectivity index (χ2n) is 3.78. The molecule has 0 saturated carbocycles. The van der Waals surface area contributed by atoms with Crippen LogP contribution < -0.4 is 5.32 Å². The monoisotopic (exact) mass is 254 g/mol. The number of benzene rings is 1. The lowest BCUT2D eigenvalue weighted by Crippen LogP contribution is -2.18. The smallest absolute Gasteiger partial charge is 0.157 e. The first kappa shape index (κ1) is 11.8. The summed E-state index contributed by atoms with van der Waals surface area (Å²) in [5.74, 6) is 0. The van der Waals surface area contributed by atoms with Gasteiger partial charge in [-0.15, -0.1) is 0 Å². The molecular weight excluding hydrogens is 240 g/mol. The van der Waals surface area contributed by atoms with Gasteiger partial charge in [0.15, 0.2) is 5.17 Å². The van der Waals surface area contributed by atoms with Crippen LogP contribution in [0.5, 0.6) is 0 Å². The third kappa shape index (κ3) is 3.16. The van der Waals surface area contributed by atoms with Gasteiger partial charge >= 0.3 is 0 Å². The average molecular weight is 255 g/mol. The van der Waals surface area contributed by atoms with Crippen molar-refractivity contribution in [1.29, 1.82) is 0 Å². The summed E-state index contributed by atoms with van der Waals surface area (Å²) in [5, 5.41) is 5.84. The minimum Gasteiger partial charge on any atom is -0.361 e. The number of aliphatic imine (C=N–C) groups is 1. The van der Waals surface area contributed by atoms with E-state index in [1.54, 1.807) is 0 Å². The molecule has 0 fully saturated rings. The zero-order chi connectivity index (χ0) is 11.4. The Morgan fingerprint density at radius 3 is 3.12 bits per heavy atom. The Morgan fingerprint density at radius 2 is 2.44 bits per heavy atom. The number of amidine groups is 1. The Bertz CT molecular complexity index is 392. The topological polar surface area (TPSA) is 24.4 Å². The molecular formula is C12H15ClN2S. The van der Waals surface area contributed by atoms with Gasteiger partial charge in [0.05, 0.1) is 6.54 Å². The van der Waals surface area contributed by atoms with E-state index in [9.17, 15) is 0 Å². The summed E-state index contributed by atoms with van der Waals surface area (Å²) in [5.41, 5.74) is 1.19. The van der Waals surface area contributed by atoms with E-state index >= 15 is 0 Å². The quantitative estimate of drug-likeness (QED) is 0.895. The number of rotatable bonds is 3. The first-order chi connectivity index (χ1) is 7.78. The molecule has 1 aromatic rings. The van der Waals surface area contributed by atoms with Crippen LogP contribution >= 0.6 is 23.4 Å². The van der Waals surface area contributed by atoms with Gasteiger partial charge in [0.25, 0.3) is 0 Å². The summed E-state index contributed by atoms with van der Waals surface area (Å²) in [7, 11) is 0. The number of hydrogen-bond acceptors (Lipinski definition) is 3. The second-order valence-corrected chi connectivity index (χ2v) is 5.50. The minimum atomic E-state index is 0.655. The molecule has 2 nitrogen and oxygen atoms in total. The predicted molar refractivity (Wildman–Crippen MR) is 72.3 cm³/mol. The second kappa shape index (κ2) is 5.60. The minimum absolute atomic E-state index is 0.655. The molecule has 1 atom stereocenters. The fourth-order valence-corrected chi connectivity index (χ4v) is 2.70. The molecule has 1 aliphatic rings. The SMILES string of the molecule is CCC1CN=C(NCc2cccc(Cl)c2)S1. The lowest BCUT2D eigenvalue weighted by Gasteiger charge is -2.07. The van der Waals surface area contributed by atoms with Crippen molar-refractivity contribution >= 4 is 28.5 Å². The van der Waals surface area contributed by atoms with Gasteiger partial charge in [-0.05, 0) is 24.1 Å². The highest BCUT2D eigenvalue weighted by Gasteiger charge is 2.16. The van der Waals surface area contributed by atoms with Crippen molar-refractivity contribution in [3.05, 3.63) is 34.9 Å². The van der Waals surface area contributed by atoms with Crippen LogP contribution in [0, 0.1) is 0 Å². The number of halogens is 1. The summed E-state index contributed by atoms with van der Waals surface area (Å²) >= 11 is 7.76. The van der Waals surface area contributed by atoms with Gasteiger partial charge in [-0.2, -0.15) is 0 Å². The number of nitrogens with zero attached hydrogens (tertiary/aromatic N) is 1. The molecule has 86 valence electrons. The van der Waals surface area contributed by atoms with Crippen LogP contribution in [0.25, 0.3) is 0 Å². The van der Waals surface area contributed by atoms with Crippen molar-refractivity contribution < 1.29 is 0 Å². The van der Waals surface area contributed by atoms with Crippen molar-refractivity contribution in [2.24, 2.45) is 4.99 Å². The van der Waals surface area contributed by atoms with Crippen LogP contribution in [0.1, 0.15) is 18.9 Å². The van der Waals surface area contributed by atoms with E-state index in [1.165, 1.54) is 12.0 Å². The molecule has 0 aliphatic carbocycles. The first-order valence-electron chi connectivity index (χ1n) is 5.47. The maximum absolute atomic E-state index is 5.92. The molecule has 1 unspecified atom stereocenters. The first-order valence-corrected chi connectivity index (χ1v) is 6.73. The number of thioether (sulfide) groups is 1. The van der Waals surface area contributed by atoms with Crippen LogP contribution in [-0.2, 0) is 6.54 Å². The molecule has 1 aliphatic heterocycles. The zero-order valence-electron chi connectivity index (χ0n) is 9.24. The van der Waals surface area contributed by atoms with E-state index in [0.29, 0.717) is 5.25 Å². The third-order valence-corrected chi connectivity index (χ3v) is 4.05. The summed E-state index contributed by atoms with van der Waals surface area (Å²) in [6.07, 6.45) is 1.18. The molecule has 1 heterocycles. The molecule has 1 aromatic carbocycles. The van der Waals surface area contributed by atoms with E-state index in [0.717, 1.165) is 23.3 Å². The standard InChI is InChI=1S/C12H15ClN2S/c1-2-11-8-15-12(16-11)14-7-9-4-3-5-10(13)6-9/h3-6,11H,2,7-8H2,1H3,(H,14,15). The summed E-state index contributed by atoms with van der Waals surface area (Å²) in [6.45, 7) is 3.94. The van der Waals surface area contributed by atoms with Crippen molar-refractivity contribution in [2.45, 2.75) is 25.1 Å². The van der Waals surface area contributed by atoms with Crippen molar-refractivity contribution in [2.75, 3.05) is 6.54 Å². The van der Waals surface area contributed by atoms with E-state index < -0.39 is 0 Å². The van der Waals surface area contributed by atoms with Crippen LogP contribution in [0.4, 0.5) is 0 Å². The number of hydrogen-bond donors (Lipinski definition) is 1. The highest BCUT2D eigenvalue weighted by atomic mass is 35.5. The largest absolute Gasteiger partial charge is 0.361 e. The van der Waals surface area contributed by atoms with Gasteiger partial charge in [0.1, 0.15) is 0 Å². The van der Waals surface area contributed by atoms with E-state index in [4.69, 9.17) is 11.6 Å². The van der Waals surface area contributed by atoms with Gasteiger partial charge < -0.3 is 5.32 Å². The molecule has 16 heavy (non-hydrogen) atoms. The van der Waals surface area contributed by atoms with Crippen LogP contribution in [0.15, 0.2) is 29.3 Å². The fourth-order valence-electron chi connectivity index (χ4n) is 1.55. The molecule has 0 amide bonds. The van der Waals surface area contributed by atoms with Gasteiger partial charge in [0, 0.05) is 16.8 Å². The Balaban J connectivity index is 1.84. The summed E-state index contributed by atoms with van der Waals surface area (Å²) in [6, 6.07) is 7.90. The lowest BCUT2D eigenvalue weighted by atomic mass is 10.2. The molecule has 2 rings (SSSR count). The molecule has 0 radical (unpaired) electrons. The van der Waals surface area contributed by atoms with Gasteiger partial charge in [0.2, 0.25) is 0 Å². The van der Waals surface area contributed by atoms with Crippen LogP contribution in [-0.4, -0.2) is 17.0 Å². The zero-order valence-corrected chi connectivity index (χ0v) is 10.8. The van der Waals surface area contributed by atoms with Crippen molar-refractivity contribution in [3.8, 4) is 0 Å². The molecule has 0 saturated heterocycles. The lowest BCUT2D eigenvalue weighted by molar-refractivity contribution is 0.839. The average Bonchev–Trinajstić information content (AvgIpc) is 2.74. The maximum atomic E-state index is 5.92. The highest BCUT2D eigenvalue weighted by Crippen LogP contribution is 2.22. The van der Waals surface area contributed by atoms with Crippen LogP contribution in [0.2, 0.25) is 5.02 Å². The predicted octanol–water partition coefficient (Wildman–Crippen LogP) is 3.31. The fraction of sp³-hybridized carbons (Fsp3) is 0.417. The molecule has 0 spiro atoms. The highest BCUT2D eigenvalue weighted by molar-refractivity contribution is 8.14. The molecule has 4 heteroatoms. The normalized spacial score (nSPS) is 19.6. The van der Waals surface area contributed by atoms with E-state index in [2.05, 4.69) is 23.3 Å². The third-order valence-electron chi connectivity index (χ3n) is 2.50. The molecule has 1 N–H and O–H groups in total. The van der Waals surface area contributed by atoms with Crippen molar-refractivity contribution in [1.82, 2.24) is 5.32 Å². The van der Waals surface area contributed by atoms with Gasteiger partial charge in [-0.3, -0.25) is 4.99 Å². The van der Waals surface area contributed by atoms with E-state index in [1.807, 2.05) is 30.0 Å². The summed E-state index contributed by atoms with van der Waals surface area (Å²) in [4.78, 5) is 4.46. The van der Waals surface area contributed by atoms with Gasteiger partial charge in [-0.25, -0.2) is 0 Å². The van der Waals surface area contributed by atoms with E-state index in [-0.39, 0.29) is 0 Å².